The summed E-state index contributed by atoms with van der Waals surface area (Å²) in [5, 5.41) is 9.33. The summed E-state index contributed by atoms with van der Waals surface area (Å²) in [6.07, 6.45) is 2.24. The lowest BCUT2D eigenvalue weighted by Crippen LogP contribution is -2.03. The van der Waals surface area contributed by atoms with Crippen molar-refractivity contribution in [1.29, 1.82) is 5.41 Å². The summed E-state index contributed by atoms with van der Waals surface area (Å²) in [6.45, 7) is 4.26. The normalized spacial score (nSPS) is 12.8. The smallest absolute Gasteiger partial charge is 0.0537 e. The molecular formula is C11H16N2S. The first-order chi connectivity index (χ1) is 6.65. The van der Waals surface area contributed by atoms with Gasteiger partial charge in [0.25, 0.3) is 0 Å². The second-order valence-corrected chi connectivity index (χ2v) is 4.61. The lowest BCUT2D eigenvalue weighted by atomic mass is 10.0. The zero-order chi connectivity index (χ0) is 10.6. The van der Waals surface area contributed by atoms with Crippen molar-refractivity contribution < 1.29 is 0 Å². The molecule has 1 aromatic rings. The molecule has 0 radical (unpaired) electrons. The van der Waals surface area contributed by atoms with Crippen molar-refractivity contribution in [2.75, 3.05) is 0 Å². The topological polar surface area (TPSA) is 49.9 Å². The van der Waals surface area contributed by atoms with Gasteiger partial charge in [0.05, 0.1) is 10.6 Å². The lowest BCUT2D eigenvalue weighted by Gasteiger charge is -2.08. The van der Waals surface area contributed by atoms with Gasteiger partial charge in [-0.1, -0.05) is 19.9 Å². The lowest BCUT2D eigenvalue weighted by molar-refractivity contribution is 0.655. The minimum Gasteiger partial charge on any atom is -0.397 e. The van der Waals surface area contributed by atoms with E-state index in [4.69, 9.17) is 11.1 Å². The van der Waals surface area contributed by atoms with E-state index < -0.39 is 0 Å². The number of thiophene rings is 1. The van der Waals surface area contributed by atoms with Crippen molar-refractivity contribution in [3.05, 3.63) is 28.0 Å². The van der Waals surface area contributed by atoms with Gasteiger partial charge in [-0.15, -0.1) is 11.3 Å². The van der Waals surface area contributed by atoms with Gasteiger partial charge in [0.1, 0.15) is 0 Å². The molecule has 3 heteroatoms. The van der Waals surface area contributed by atoms with Gasteiger partial charge in [-0.25, -0.2) is 0 Å². The highest BCUT2D eigenvalue weighted by molar-refractivity contribution is 7.11. The van der Waals surface area contributed by atoms with Crippen LogP contribution < -0.4 is 5.73 Å². The van der Waals surface area contributed by atoms with Gasteiger partial charge in [-0.05, 0) is 29.4 Å². The van der Waals surface area contributed by atoms with E-state index in [1.54, 1.807) is 11.3 Å². The van der Waals surface area contributed by atoms with E-state index in [1.165, 1.54) is 6.21 Å². The molecule has 1 heterocycles. The Morgan fingerprint density at radius 2 is 2.36 bits per heavy atom. The third kappa shape index (κ3) is 2.70. The van der Waals surface area contributed by atoms with E-state index in [0.717, 1.165) is 22.6 Å². The quantitative estimate of drug-likeness (QED) is 0.734. The van der Waals surface area contributed by atoms with Crippen LogP contribution in [0.1, 0.15) is 25.1 Å². The summed E-state index contributed by atoms with van der Waals surface area (Å²) in [5.74, 6) is 0.533. The summed E-state index contributed by atoms with van der Waals surface area (Å²) < 4.78 is 0. The molecule has 76 valence electrons. The Balaban J connectivity index is 2.94. The Bertz CT molecular complexity index is 323. The Hall–Kier alpha value is -1.09. The highest BCUT2D eigenvalue weighted by atomic mass is 32.1. The van der Waals surface area contributed by atoms with Crippen LogP contribution in [0.5, 0.6) is 0 Å². The van der Waals surface area contributed by atoms with Gasteiger partial charge in [-0.2, -0.15) is 0 Å². The van der Waals surface area contributed by atoms with Gasteiger partial charge in [-0.3, -0.25) is 0 Å². The van der Waals surface area contributed by atoms with Crippen LogP contribution in [0, 0.1) is 11.3 Å². The molecule has 0 amide bonds. The van der Waals surface area contributed by atoms with E-state index >= 15 is 0 Å². The molecule has 0 aliphatic heterocycles. The maximum absolute atomic E-state index is 7.33. The maximum atomic E-state index is 7.33. The number of nitrogens with two attached hydrogens (primary N) is 1. The predicted octanol–water partition coefficient (Wildman–Crippen LogP) is 3.11. The number of rotatable bonds is 4. The van der Waals surface area contributed by atoms with Crippen molar-refractivity contribution in [3.63, 3.8) is 0 Å². The molecule has 0 fully saturated rings. The second kappa shape index (κ2) is 4.96. The first-order valence-corrected chi connectivity index (χ1v) is 5.56. The van der Waals surface area contributed by atoms with Crippen LogP contribution in [0.25, 0.3) is 5.70 Å². The first-order valence-electron chi connectivity index (χ1n) is 4.68. The summed E-state index contributed by atoms with van der Waals surface area (Å²) in [5.41, 5.74) is 7.67. The molecule has 0 saturated heterocycles. The zero-order valence-electron chi connectivity index (χ0n) is 8.58. The Morgan fingerprint density at radius 3 is 2.79 bits per heavy atom. The number of nitrogens with one attached hydrogen (secondary N) is 1. The highest BCUT2D eigenvalue weighted by Crippen LogP contribution is 2.21. The molecule has 3 N–H and O–H groups in total. The van der Waals surface area contributed by atoms with Gasteiger partial charge in [0.15, 0.2) is 0 Å². The van der Waals surface area contributed by atoms with Crippen molar-refractivity contribution in [2.24, 2.45) is 11.7 Å². The van der Waals surface area contributed by atoms with E-state index in [0.29, 0.717) is 5.92 Å². The Morgan fingerprint density at radius 1 is 1.64 bits per heavy atom. The average Bonchev–Trinajstić information content (AvgIpc) is 2.65. The predicted molar refractivity (Wildman–Crippen MR) is 63.7 cm³/mol. The van der Waals surface area contributed by atoms with Crippen molar-refractivity contribution in [1.82, 2.24) is 0 Å². The number of hydrogen-bond donors (Lipinski definition) is 2. The van der Waals surface area contributed by atoms with Crippen LogP contribution in [-0.4, -0.2) is 6.21 Å². The summed E-state index contributed by atoms with van der Waals surface area (Å²) in [4.78, 5) is 1.06. The molecule has 1 aromatic heterocycles. The van der Waals surface area contributed by atoms with Crippen LogP contribution in [0.4, 0.5) is 0 Å². The molecule has 14 heavy (non-hydrogen) atoms. The highest BCUT2D eigenvalue weighted by Gasteiger charge is 2.06. The molecule has 0 aromatic carbocycles. The van der Waals surface area contributed by atoms with E-state index in [-0.39, 0.29) is 0 Å². The molecular weight excluding hydrogens is 192 g/mol. The third-order valence-electron chi connectivity index (χ3n) is 1.93. The zero-order valence-corrected chi connectivity index (χ0v) is 9.40. The molecule has 0 bridgehead atoms. The van der Waals surface area contributed by atoms with Gasteiger partial charge < -0.3 is 11.1 Å². The SMILES string of the molecule is CC(C)CC(C=N)=C(N)c1cccs1. The van der Waals surface area contributed by atoms with Crippen LogP contribution in [-0.2, 0) is 0 Å². The standard InChI is InChI=1S/C11H16N2S/c1-8(2)6-9(7-12)11(13)10-4-3-5-14-10/h3-5,7-8,12H,6,13H2,1-2H3. The Labute approximate surface area is 89.0 Å². The largest absolute Gasteiger partial charge is 0.397 e. The van der Waals surface area contributed by atoms with Gasteiger partial charge in [0, 0.05) is 6.21 Å². The summed E-state index contributed by atoms with van der Waals surface area (Å²) in [7, 11) is 0. The van der Waals surface area contributed by atoms with Crippen molar-refractivity contribution in [3.8, 4) is 0 Å². The van der Waals surface area contributed by atoms with E-state index in [1.807, 2.05) is 17.5 Å². The van der Waals surface area contributed by atoms with E-state index in [9.17, 15) is 0 Å². The van der Waals surface area contributed by atoms with Crippen LogP contribution >= 0.6 is 11.3 Å². The molecule has 2 nitrogen and oxygen atoms in total. The van der Waals surface area contributed by atoms with Gasteiger partial charge >= 0.3 is 0 Å². The molecule has 0 spiro atoms. The molecule has 0 aliphatic carbocycles. The Kier molecular flexibility index (Phi) is 3.89. The van der Waals surface area contributed by atoms with Crippen molar-refractivity contribution >= 4 is 23.2 Å². The fourth-order valence-electron chi connectivity index (χ4n) is 1.28. The fraction of sp³-hybridized carbons (Fsp3) is 0.364. The number of allylic oxidation sites excluding steroid dienone is 1. The number of hydrogen-bond acceptors (Lipinski definition) is 3. The summed E-state index contributed by atoms with van der Waals surface area (Å²) in [6, 6.07) is 3.97. The maximum Gasteiger partial charge on any atom is 0.0537 e. The fourth-order valence-corrected chi connectivity index (χ4v) is 2.00. The average molecular weight is 208 g/mol. The van der Waals surface area contributed by atoms with Crippen LogP contribution in [0.15, 0.2) is 23.1 Å². The van der Waals surface area contributed by atoms with Crippen LogP contribution in [0.2, 0.25) is 0 Å². The molecule has 0 unspecified atom stereocenters. The molecule has 0 saturated carbocycles. The minimum atomic E-state index is 0.533. The van der Waals surface area contributed by atoms with Crippen molar-refractivity contribution in [2.45, 2.75) is 20.3 Å². The van der Waals surface area contributed by atoms with Crippen LogP contribution in [0.3, 0.4) is 0 Å². The molecule has 0 aliphatic rings. The monoisotopic (exact) mass is 208 g/mol. The minimum absolute atomic E-state index is 0.533. The second-order valence-electron chi connectivity index (χ2n) is 3.66. The first kappa shape index (κ1) is 11.0. The summed E-state index contributed by atoms with van der Waals surface area (Å²) >= 11 is 1.62. The van der Waals surface area contributed by atoms with E-state index in [2.05, 4.69) is 13.8 Å². The van der Waals surface area contributed by atoms with Gasteiger partial charge in [0.2, 0.25) is 0 Å². The molecule has 1 rings (SSSR count). The molecule has 0 atom stereocenters. The third-order valence-corrected chi connectivity index (χ3v) is 2.84.